The Balaban J connectivity index is 1.46. The van der Waals surface area contributed by atoms with Gasteiger partial charge in [0.15, 0.2) is 0 Å². The molecule has 27 heavy (non-hydrogen) atoms. The minimum absolute atomic E-state index is 0.0676. The van der Waals surface area contributed by atoms with Crippen LogP contribution in [0.15, 0.2) is 29.4 Å². The molecule has 0 bridgehead atoms. The third-order valence-electron chi connectivity index (χ3n) is 5.30. The van der Waals surface area contributed by atoms with Gasteiger partial charge in [-0.3, -0.25) is 10.2 Å². The number of piperidine rings is 1. The molecule has 2 aliphatic heterocycles. The van der Waals surface area contributed by atoms with E-state index in [0.717, 1.165) is 56.6 Å². The van der Waals surface area contributed by atoms with E-state index in [1.54, 1.807) is 0 Å². The van der Waals surface area contributed by atoms with Crippen LogP contribution in [-0.4, -0.2) is 54.3 Å². The summed E-state index contributed by atoms with van der Waals surface area (Å²) < 4.78 is 4.97. The molecule has 7 heteroatoms. The first kappa shape index (κ1) is 19.4. The number of esters is 1. The molecule has 3 N–H and O–H groups in total. The largest absolute Gasteiger partial charge is 0.466 e. The Bertz CT molecular complexity index is 706. The minimum Gasteiger partial charge on any atom is -0.466 e. The van der Waals surface area contributed by atoms with Crippen LogP contribution in [0.5, 0.6) is 0 Å². The van der Waals surface area contributed by atoms with Crippen molar-refractivity contribution in [3.63, 3.8) is 0 Å². The monoisotopic (exact) mass is 372 g/mol. The summed E-state index contributed by atoms with van der Waals surface area (Å²) in [5.41, 5.74) is 8.00. The van der Waals surface area contributed by atoms with Crippen molar-refractivity contribution in [2.45, 2.75) is 44.6 Å². The second-order valence-electron chi connectivity index (χ2n) is 7.23. The first-order chi connectivity index (χ1) is 13.0. The SMILES string of the molecule is CCOC(=O)CCCN1CCC2(CC1)CC(c1ccc(C(=N)N)cc1)=NO2. The number of carbonyl (C=O) groups is 1. The van der Waals surface area contributed by atoms with Crippen molar-refractivity contribution in [2.24, 2.45) is 10.9 Å². The van der Waals surface area contributed by atoms with Crippen LogP contribution in [0.2, 0.25) is 0 Å². The van der Waals surface area contributed by atoms with Gasteiger partial charge < -0.3 is 20.2 Å². The molecular formula is C20H28N4O3. The van der Waals surface area contributed by atoms with E-state index < -0.39 is 0 Å². The highest BCUT2D eigenvalue weighted by Crippen LogP contribution is 2.36. The molecule has 0 atom stereocenters. The first-order valence-corrected chi connectivity index (χ1v) is 9.59. The van der Waals surface area contributed by atoms with E-state index in [0.29, 0.717) is 18.6 Å². The highest BCUT2D eigenvalue weighted by Gasteiger charge is 2.42. The summed E-state index contributed by atoms with van der Waals surface area (Å²) in [6.07, 6.45) is 3.99. The zero-order chi connectivity index (χ0) is 19.3. The van der Waals surface area contributed by atoms with Gasteiger partial charge in [0.2, 0.25) is 0 Å². The van der Waals surface area contributed by atoms with Crippen molar-refractivity contribution >= 4 is 17.5 Å². The van der Waals surface area contributed by atoms with E-state index in [1.807, 2.05) is 31.2 Å². The fraction of sp³-hybridized carbons (Fsp3) is 0.550. The summed E-state index contributed by atoms with van der Waals surface area (Å²) in [6.45, 7) is 5.10. The number of nitrogens with one attached hydrogen (secondary N) is 1. The van der Waals surface area contributed by atoms with Gasteiger partial charge in [-0.25, -0.2) is 0 Å². The Hall–Kier alpha value is -2.41. The van der Waals surface area contributed by atoms with Gasteiger partial charge in [0.05, 0.1) is 12.3 Å². The lowest BCUT2D eigenvalue weighted by atomic mass is 9.85. The number of ether oxygens (including phenoxy) is 1. The second-order valence-corrected chi connectivity index (χ2v) is 7.23. The molecule has 1 spiro atoms. The third kappa shape index (κ3) is 4.86. The lowest BCUT2D eigenvalue weighted by Gasteiger charge is -2.37. The Labute approximate surface area is 160 Å². The summed E-state index contributed by atoms with van der Waals surface area (Å²) in [5.74, 6) is -0.0445. The Morgan fingerprint density at radius 3 is 2.67 bits per heavy atom. The number of amidine groups is 1. The minimum atomic E-state index is -0.202. The summed E-state index contributed by atoms with van der Waals surface area (Å²) in [5, 5.41) is 11.8. The highest BCUT2D eigenvalue weighted by molar-refractivity contribution is 6.03. The summed E-state index contributed by atoms with van der Waals surface area (Å²) in [7, 11) is 0. The molecule has 0 aromatic heterocycles. The van der Waals surface area contributed by atoms with Crippen LogP contribution in [-0.2, 0) is 14.4 Å². The zero-order valence-corrected chi connectivity index (χ0v) is 15.9. The molecule has 0 saturated carbocycles. The van der Waals surface area contributed by atoms with E-state index in [1.165, 1.54) is 0 Å². The first-order valence-electron chi connectivity index (χ1n) is 9.59. The number of nitrogen functional groups attached to an aromatic ring is 1. The Morgan fingerprint density at radius 1 is 1.33 bits per heavy atom. The van der Waals surface area contributed by atoms with Gasteiger partial charge in [-0.15, -0.1) is 0 Å². The molecule has 7 nitrogen and oxygen atoms in total. The van der Waals surface area contributed by atoms with Crippen molar-refractivity contribution in [2.75, 3.05) is 26.2 Å². The lowest BCUT2D eigenvalue weighted by Crippen LogP contribution is -2.44. The summed E-state index contributed by atoms with van der Waals surface area (Å²) >= 11 is 0. The molecule has 1 aromatic carbocycles. The van der Waals surface area contributed by atoms with Gasteiger partial charge in [0.25, 0.3) is 0 Å². The number of rotatable bonds is 7. The average molecular weight is 372 g/mol. The highest BCUT2D eigenvalue weighted by atomic mass is 16.7. The molecular weight excluding hydrogens is 344 g/mol. The molecule has 1 fully saturated rings. The number of nitrogens with zero attached hydrogens (tertiary/aromatic N) is 2. The van der Waals surface area contributed by atoms with Gasteiger partial charge >= 0.3 is 5.97 Å². The van der Waals surface area contributed by atoms with Crippen molar-refractivity contribution in [1.82, 2.24) is 4.90 Å². The predicted octanol–water partition coefficient (Wildman–Crippen LogP) is 2.27. The van der Waals surface area contributed by atoms with Crippen LogP contribution in [0, 0.1) is 5.41 Å². The van der Waals surface area contributed by atoms with Crippen molar-refractivity contribution in [3.05, 3.63) is 35.4 Å². The maximum Gasteiger partial charge on any atom is 0.305 e. The molecule has 1 saturated heterocycles. The fourth-order valence-corrected chi connectivity index (χ4v) is 3.65. The number of oxime groups is 1. The van der Waals surface area contributed by atoms with Crippen LogP contribution in [0.3, 0.4) is 0 Å². The van der Waals surface area contributed by atoms with E-state index in [4.69, 9.17) is 20.7 Å². The number of carbonyl (C=O) groups excluding carboxylic acids is 1. The van der Waals surface area contributed by atoms with Crippen LogP contribution < -0.4 is 5.73 Å². The number of benzene rings is 1. The van der Waals surface area contributed by atoms with Gasteiger partial charge in [-0.05, 0) is 25.5 Å². The van der Waals surface area contributed by atoms with Crippen LogP contribution in [0.25, 0.3) is 0 Å². The number of likely N-dealkylation sites (tertiary alicyclic amines) is 1. The molecule has 1 aromatic rings. The predicted molar refractivity (Wildman–Crippen MR) is 104 cm³/mol. The molecule has 0 amide bonds. The molecule has 0 aliphatic carbocycles. The molecule has 3 rings (SSSR count). The molecule has 146 valence electrons. The van der Waals surface area contributed by atoms with Gasteiger partial charge in [-0.1, -0.05) is 29.4 Å². The van der Waals surface area contributed by atoms with E-state index >= 15 is 0 Å². The average Bonchev–Trinajstić information content (AvgIpc) is 3.08. The van der Waals surface area contributed by atoms with Crippen LogP contribution in [0.4, 0.5) is 0 Å². The van der Waals surface area contributed by atoms with Crippen molar-refractivity contribution in [3.8, 4) is 0 Å². The van der Waals surface area contributed by atoms with Gasteiger partial charge in [0, 0.05) is 44.3 Å². The van der Waals surface area contributed by atoms with Crippen LogP contribution in [0.1, 0.15) is 50.2 Å². The quantitative estimate of drug-likeness (QED) is 0.434. The Kier molecular flexibility index (Phi) is 6.11. The van der Waals surface area contributed by atoms with E-state index in [-0.39, 0.29) is 17.4 Å². The topological polar surface area (TPSA) is 101 Å². The normalized spacial score (nSPS) is 18.8. The molecule has 0 unspecified atom stereocenters. The van der Waals surface area contributed by atoms with Gasteiger partial charge in [0.1, 0.15) is 11.4 Å². The maximum absolute atomic E-state index is 11.4. The Morgan fingerprint density at radius 2 is 2.04 bits per heavy atom. The van der Waals surface area contributed by atoms with Crippen LogP contribution >= 0.6 is 0 Å². The van der Waals surface area contributed by atoms with Crippen molar-refractivity contribution in [1.29, 1.82) is 5.41 Å². The molecule has 2 heterocycles. The third-order valence-corrected chi connectivity index (χ3v) is 5.30. The molecule has 0 radical (unpaired) electrons. The zero-order valence-electron chi connectivity index (χ0n) is 15.9. The standard InChI is InChI=1S/C20H28N4O3/c1-2-26-18(25)4-3-11-24-12-9-20(10-13-24)14-17(23-27-20)15-5-7-16(8-6-15)19(21)22/h5-8H,2-4,9-14H2,1H3,(H3,21,22). The second kappa shape index (κ2) is 8.52. The van der Waals surface area contributed by atoms with E-state index in [2.05, 4.69) is 10.1 Å². The number of nitrogens with two attached hydrogens (primary N) is 1. The van der Waals surface area contributed by atoms with Crippen molar-refractivity contribution < 1.29 is 14.4 Å². The molecule has 2 aliphatic rings. The smallest absolute Gasteiger partial charge is 0.305 e. The van der Waals surface area contributed by atoms with Gasteiger partial charge in [-0.2, -0.15) is 0 Å². The summed E-state index contributed by atoms with van der Waals surface area (Å²) in [6, 6.07) is 7.58. The fourth-order valence-electron chi connectivity index (χ4n) is 3.65. The lowest BCUT2D eigenvalue weighted by molar-refractivity contribution is -0.143. The number of hydrogen-bond acceptors (Lipinski definition) is 6. The maximum atomic E-state index is 11.4. The summed E-state index contributed by atoms with van der Waals surface area (Å²) in [4.78, 5) is 19.7. The van der Waals surface area contributed by atoms with E-state index in [9.17, 15) is 4.79 Å². The number of hydrogen-bond donors (Lipinski definition) is 2.